The minimum atomic E-state index is -0.207. The van der Waals surface area contributed by atoms with Crippen molar-refractivity contribution in [3.63, 3.8) is 0 Å². The topological polar surface area (TPSA) is 46.2 Å². The summed E-state index contributed by atoms with van der Waals surface area (Å²) in [5.74, 6) is 0.682. The zero-order valence-corrected chi connectivity index (χ0v) is 9.43. The Kier molecular flexibility index (Phi) is 2.58. The summed E-state index contributed by atoms with van der Waals surface area (Å²) < 4.78 is 11.4. The van der Waals surface area contributed by atoms with Gasteiger partial charge in [-0.25, -0.2) is 0 Å². The van der Waals surface area contributed by atoms with Gasteiger partial charge in [0, 0.05) is 12.0 Å². The summed E-state index contributed by atoms with van der Waals surface area (Å²) in [6, 6.07) is 12.2. The van der Waals surface area contributed by atoms with E-state index in [0.29, 0.717) is 6.61 Å². The third-order valence-corrected chi connectivity index (χ3v) is 3.21. The van der Waals surface area contributed by atoms with Crippen LogP contribution in [-0.4, -0.2) is 6.61 Å². The highest BCUT2D eigenvalue weighted by Crippen LogP contribution is 2.35. The number of nitrogens with zero attached hydrogens (tertiary/aromatic N) is 1. The molecular formula is C14H13NO2. The van der Waals surface area contributed by atoms with Crippen LogP contribution in [0.25, 0.3) is 11.0 Å². The van der Waals surface area contributed by atoms with Crippen LogP contribution in [-0.2, 0) is 4.74 Å². The van der Waals surface area contributed by atoms with Crippen molar-refractivity contribution in [3.8, 4) is 6.07 Å². The number of nitriles is 1. The normalized spacial score (nSPS) is 24.6. The number of fused-ring (bicyclic) bond motifs is 1. The Morgan fingerprint density at radius 2 is 2.18 bits per heavy atom. The van der Waals surface area contributed by atoms with Crippen LogP contribution in [0.3, 0.4) is 0 Å². The van der Waals surface area contributed by atoms with Crippen LogP contribution in [0.1, 0.15) is 24.7 Å². The Bertz CT molecular complexity index is 534. The van der Waals surface area contributed by atoms with Crippen LogP contribution in [0.5, 0.6) is 0 Å². The highest BCUT2D eigenvalue weighted by atomic mass is 16.5. The zero-order chi connectivity index (χ0) is 11.7. The minimum Gasteiger partial charge on any atom is -0.458 e. The number of hydrogen-bond donors (Lipinski definition) is 0. The Balaban J connectivity index is 1.99. The average molecular weight is 227 g/mol. The molecular weight excluding hydrogens is 214 g/mol. The molecule has 2 unspecified atom stereocenters. The molecule has 0 bridgehead atoms. The first-order valence-corrected chi connectivity index (χ1v) is 5.88. The van der Waals surface area contributed by atoms with Crippen LogP contribution in [0.2, 0.25) is 0 Å². The molecule has 3 rings (SSSR count). The number of ether oxygens (including phenoxy) is 1. The van der Waals surface area contributed by atoms with E-state index in [2.05, 4.69) is 6.07 Å². The van der Waals surface area contributed by atoms with E-state index < -0.39 is 0 Å². The van der Waals surface area contributed by atoms with Crippen molar-refractivity contribution in [3.05, 3.63) is 36.1 Å². The van der Waals surface area contributed by atoms with Crippen molar-refractivity contribution >= 4 is 11.0 Å². The summed E-state index contributed by atoms with van der Waals surface area (Å²) in [7, 11) is 0. The SMILES string of the molecule is N#CC1CCCOC1c1cc2ccccc2o1. The van der Waals surface area contributed by atoms with Gasteiger partial charge in [0.25, 0.3) is 0 Å². The minimum absolute atomic E-state index is 0.0932. The molecule has 0 saturated carbocycles. The maximum absolute atomic E-state index is 9.13. The van der Waals surface area contributed by atoms with E-state index in [0.717, 1.165) is 29.6 Å². The fourth-order valence-corrected chi connectivity index (χ4v) is 2.34. The molecule has 3 nitrogen and oxygen atoms in total. The van der Waals surface area contributed by atoms with Gasteiger partial charge in [-0.1, -0.05) is 18.2 Å². The molecule has 0 spiro atoms. The Morgan fingerprint density at radius 1 is 1.29 bits per heavy atom. The lowest BCUT2D eigenvalue weighted by atomic mass is 9.94. The number of para-hydroxylation sites is 1. The lowest BCUT2D eigenvalue weighted by Gasteiger charge is -2.25. The van der Waals surface area contributed by atoms with E-state index in [1.54, 1.807) is 0 Å². The van der Waals surface area contributed by atoms with Crippen LogP contribution < -0.4 is 0 Å². The molecule has 17 heavy (non-hydrogen) atoms. The summed E-state index contributed by atoms with van der Waals surface area (Å²) in [5.41, 5.74) is 0.855. The third-order valence-electron chi connectivity index (χ3n) is 3.21. The van der Waals surface area contributed by atoms with E-state index in [9.17, 15) is 0 Å². The Morgan fingerprint density at radius 3 is 3.00 bits per heavy atom. The molecule has 1 saturated heterocycles. The van der Waals surface area contributed by atoms with Crippen molar-refractivity contribution in [1.29, 1.82) is 5.26 Å². The monoisotopic (exact) mass is 227 g/mol. The van der Waals surface area contributed by atoms with Gasteiger partial charge in [0.05, 0.1) is 12.0 Å². The molecule has 2 aromatic rings. The van der Waals surface area contributed by atoms with Gasteiger partial charge in [0.2, 0.25) is 0 Å². The standard InChI is InChI=1S/C14H13NO2/c15-9-11-5-3-7-16-14(11)13-8-10-4-1-2-6-12(10)17-13/h1-2,4,6,8,11,14H,3,5,7H2. The molecule has 0 radical (unpaired) electrons. The van der Waals surface area contributed by atoms with Crippen molar-refractivity contribution in [1.82, 2.24) is 0 Å². The molecule has 1 fully saturated rings. The van der Waals surface area contributed by atoms with Crippen LogP contribution >= 0.6 is 0 Å². The smallest absolute Gasteiger partial charge is 0.135 e. The first-order chi connectivity index (χ1) is 8.38. The lowest BCUT2D eigenvalue weighted by molar-refractivity contribution is -0.0218. The molecule has 0 N–H and O–H groups in total. The van der Waals surface area contributed by atoms with Crippen LogP contribution in [0, 0.1) is 17.2 Å². The number of hydrogen-bond acceptors (Lipinski definition) is 3. The van der Waals surface area contributed by atoms with Gasteiger partial charge < -0.3 is 9.15 Å². The first-order valence-electron chi connectivity index (χ1n) is 5.88. The molecule has 1 aromatic carbocycles. The number of benzene rings is 1. The van der Waals surface area contributed by atoms with Gasteiger partial charge in [-0.05, 0) is 25.0 Å². The number of rotatable bonds is 1. The summed E-state index contributed by atoms with van der Waals surface area (Å²) >= 11 is 0. The molecule has 0 amide bonds. The molecule has 2 heterocycles. The van der Waals surface area contributed by atoms with E-state index in [4.69, 9.17) is 14.4 Å². The molecule has 1 aliphatic rings. The Labute approximate surface area is 99.6 Å². The second-order valence-corrected chi connectivity index (χ2v) is 4.36. The van der Waals surface area contributed by atoms with E-state index in [1.165, 1.54) is 0 Å². The average Bonchev–Trinajstić information content (AvgIpc) is 2.82. The summed E-state index contributed by atoms with van der Waals surface area (Å²) in [6.45, 7) is 0.708. The predicted molar refractivity (Wildman–Crippen MR) is 63.2 cm³/mol. The Hall–Kier alpha value is -1.79. The summed E-state index contributed by atoms with van der Waals surface area (Å²) in [5, 5.41) is 10.2. The third kappa shape index (κ3) is 1.81. The maximum Gasteiger partial charge on any atom is 0.135 e. The van der Waals surface area contributed by atoms with Crippen LogP contribution in [0.4, 0.5) is 0 Å². The maximum atomic E-state index is 9.13. The molecule has 1 aromatic heterocycles. The first kappa shape index (κ1) is 10.4. The fraction of sp³-hybridized carbons (Fsp3) is 0.357. The van der Waals surface area contributed by atoms with Gasteiger partial charge >= 0.3 is 0 Å². The molecule has 2 atom stereocenters. The van der Waals surface area contributed by atoms with Crippen molar-refractivity contribution in [2.24, 2.45) is 5.92 Å². The molecule has 1 aliphatic heterocycles. The van der Waals surface area contributed by atoms with Crippen LogP contribution in [0.15, 0.2) is 34.7 Å². The van der Waals surface area contributed by atoms with Crippen molar-refractivity contribution in [2.75, 3.05) is 6.61 Å². The van der Waals surface area contributed by atoms with Gasteiger partial charge in [-0.15, -0.1) is 0 Å². The van der Waals surface area contributed by atoms with Gasteiger partial charge in [0.1, 0.15) is 17.4 Å². The largest absolute Gasteiger partial charge is 0.458 e. The lowest BCUT2D eigenvalue weighted by Crippen LogP contribution is -2.20. The van der Waals surface area contributed by atoms with Gasteiger partial charge in [-0.3, -0.25) is 0 Å². The van der Waals surface area contributed by atoms with Crippen molar-refractivity contribution in [2.45, 2.75) is 18.9 Å². The highest BCUT2D eigenvalue weighted by molar-refractivity contribution is 5.77. The highest BCUT2D eigenvalue weighted by Gasteiger charge is 2.30. The van der Waals surface area contributed by atoms with E-state index in [-0.39, 0.29) is 12.0 Å². The van der Waals surface area contributed by atoms with Gasteiger partial charge in [0.15, 0.2) is 0 Å². The predicted octanol–water partition coefficient (Wildman–Crippen LogP) is 3.42. The summed E-state index contributed by atoms with van der Waals surface area (Å²) in [4.78, 5) is 0. The second kappa shape index (κ2) is 4.23. The molecule has 0 aliphatic carbocycles. The molecule has 86 valence electrons. The van der Waals surface area contributed by atoms with Gasteiger partial charge in [-0.2, -0.15) is 5.26 Å². The second-order valence-electron chi connectivity index (χ2n) is 4.36. The number of furan rings is 1. The van der Waals surface area contributed by atoms with E-state index in [1.807, 2.05) is 30.3 Å². The fourth-order valence-electron chi connectivity index (χ4n) is 2.34. The summed E-state index contributed by atoms with van der Waals surface area (Å²) in [6.07, 6.45) is 1.63. The van der Waals surface area contributed by atoms with Crippen molar-refractivity contribution < 1.29 is 9.15 Å². The molecule has 3 heteroatoms. The van der Waals surface area contributed by atoms with E-state index >= 15 is 0 Å². The zero-order valence-electron chi connectivity index (χ0n) is 9.43. The quantitative estimate of drug-likeness (QED) is 0.749.